The molecule has 2 rings (SSSR count). The van der Waals surface area contributed by atoms with Gasteiger partial charge in [0, 0.05) is 11.8 Å². The van der Waals surface area contributed by atoms with Crippen LogP contribution in [0.1, 0.15) is 33.1 Å². The van der Waals surface area contributed by atoms with E-state index in [-0.39, 0.29) is 10.8 Å². The van der Waals surface area contributed by atoms with Gasteiger partial charge < -0.3 is 4.74 Å². The van der Waals surface area contributed by atoms with Gasteiger partial charge in [0.15, 0.2) is 0 Å². The first-order valence-electron chi connectivity index (χ1n) is 4.70. The lowest BCUT2D eigenvalue weighted by molar-refractivity contribution is -0.135. The van der Waals surface area contributed by atoms with E-state index < -0.39 is 0 Å². The Morgan fingerprint density at radius 2 is 2.08 bits per heavy atom. The van der Waals surface area contributed by atoms with E-state index in [1.165, 1.54) is 0 Å². The minimum absolute atomic E-state index is 0.127. The molecule has 0 N–H and O–H groups in total. The molecule has 2 atom stereocenters. The fraction of sp³-hybridized carbons (Fsp3) is 0.900. The molecular formula is C10H16O2. The second-order valence-corrected chi connectivity index (χ2v) is 4.66. The summed E-state index contributed by atoms with van der Waals surface area (Å²) in [5.74, 6) is 0.411. The quantitative estimate of drug-likeness (QED) is 0.551. The van der Waals surface area contributed by atoms with Crippen molar-refractivity contribution in [3.63, 3.8) is 0 Å². The van der Waals surface area contributed by atoms with Crippen LogP contribution in [0, 0.1) is 10.8 Å². The van der Waals surface area contributed by atoms with Crippen LogP contribution in [0.4, 0.5) is 0 Å². The monoisotopic (exact) mass is 168 g/mol. The Morgan fingerprint density at radius 1 is 1.33 bits per heavy atom. The summed E-state index contributed by atoms with van der Waals surface area (Å²) < 4.78 is 5.45. The number of fused-ring (bicyclic) bond motifs is 1. The average molecular weight is 168 g/mol. The van der Waals surface area contributed by atoms with Gasteiger partial charge in [-0.1, -0.05) is 6.92 Å². The summed E-state index contributed by atoms with van der Waals surface area (Å²) in [6, 6.07) is 0. The van der Waals surface area contributed by atoms with E-state index in [4.69, 9.17) is 4.74 Å². The third-order valence-corrected chi connectivity index (χ3v) is 3.89. The molecule has 0 spiro atoms. The van der Waals surface area contributed by atoms with Gasteiger partial charge in [0.2, 0.25) is 0 Å². The lowest BCUT2D eigenvalue weighted by atomic mass is 9.59. The van der Waals surface area contributed by atoms with E-state index in [0.29, 0.717) is 12.4 Å². The van der Waals surface area contributed by atoms with Crippen LogP contribution in [-0.4, -0.2) is 19.0 Å². The maximum absolute atomic E-state index is 11.7. The molecule has 0 amide bonds. The number of carbonyl (C=O) groups is 1. The van der Waals surface area contributed by atoms with Crippen molar-refractivity contribution in [2.45, 2.75) is 33.1 Å². The highest BCUT2D eigenvalue weighted by molar-refractivity contribution is 5.86. The van der Waals surface area contributed by atoms with Crippen LogP contribution < -0.4 is 0 Å². The first-order valence-corrected chi connectivity index (χ1v) is 4.70. The van der Waals surface area contributed by atoms with Crippen molar-refractivity contribution in [3.05, 3.63) is 0 Å². The number of ketones is 1. The molecule has 1 aliphatic carbocycles. The van der Waals surface area contributed by atoms with Gasteiger partial charge >= 0.3 is 0 Å². The molecule has 0 unspecified atom stereocenters. The minimum atomic E-state index is -0.175. The summed E-state index contributed by atoms with van der Waals surface area (Å²) in [6.07, 6.45) is 2.96. The lowest BCUT2D eigenvalue weighted by Gasteiger charge is -2.41. The molecule has 1 saturated heterocycles. The number of carbonyl (C=O) groups excluding carboxylic acids is 1. The summed E-state index contributed by atoms with van der Waals surface area (Å²) in [6.45, 7) is 5.68. The smallest absolute Gasteiger partial charge is 0.141 e. The van der Waals surface area contributed by atoms with Gasteiger partial charge in [-0.05, 0) is 19.8 Å². The Morgan fingerprint density at radius 3 is 2.75 bits per heavy atom. The fourth-order valence-corrected chi connectivity index (χ4v) is 2.49. The lowest BCUT2D eigenvalue weighted by Crippen LogP contribution is -2.46. The third-order valence-electron chi connectivity index (χ3n) is 3.89. The fourth-order valence-electron chi connectivity index (χ4n) is 2.49. The van der Waals surface area contributed by atoms with Crippen LogP contribution in [0.2, 0.25) is 0 Å². The minimum Gasteiger partial charge on any atom is -0.380 e. The SMILES string of the molecule is C[C@@]12CCCC(=O)[C@]1(C)COC2. The second kappa shape index (κ2) is 2.32. The molecule has 0 bridgehead atoms. The van der Waals surface area contributed by atoms with Gasteiger partial charge in [0.05, 0.1) is 18.6 Å². The Balaban J connectivity index is 2.36. The van der Waals surface area contributed by atoms with Crippen LogP contribution in [0.3, 0.4) is 0 Å². The van der Waals surface area contributed by atoms with Crippen molar-refractivity contribution in [1.82, 2.24) is 0 Å². The number of rotatable bonds is 0. The van der Waals surface area contributed by atoms with E-state index in [2.05, 4.69) is 13.8 Å². The van der Waals surface area contributed by atoms with Gasteiger partial charge in [0.1, 0.15) is 5.78 Å². The van der Waals surface area contributed by atoms with E-state index in [1.54, 1.807) is 0 Å². The Hall–Kier alpha value is -0.370. The van der Waals surface area contributed by atoms with Crippen LogP contribution >= 0.6 is 0 Å². The standard InChI is InChI=1S/C10H16O2/c1-9-5-3-4-8(11)10(9,2)7-12-6-9/h3-7H2,1-2H3/t9-,10-/m0/s1. The molecule has 68 valence electrons. The molecule has 2 heteroatoms. The zero-order chi connectivity index (χ0) is 8.82. The highest BCUT2D eigenvalue weighted by Gasteiger charge is 2.55. The summed E-state index contributed by atoms with van der Waals surface area (Å²) in [7, 11) is 0. The first kappa shape index (κ1) is 8.24. The van der Waals surface area contributed by atoms with Crippen molar-refractivity contribution < 1.29 is 9.53 Å². The summed E-state index contributed by atoms with van der Waals surface area (Å²) >= 11 is 0. The van der Waals surface area contributed by atoms with Crippen molar-refractivity contribution >= 4 is 5.78 Å². The zero-order valence-electron chi connectivity index (χ0n) is 7.85. The second-order valence-electron chi connectivity index (χ2n) is 4.66. The van der Waals surface area contributed by atoms with Crippen molar-refractivity contribution in [2.75, 3.05) is 13.2 Å². The largest absolute Gasteiger partial charge is 0.380 e. The summed E-state index contributed by atoms with van der Waals surface area (Å²) in [4.78, 5) is 11.7. The molecule has 1 aliphatic heterocycles. The zero-order valence-corrected chi connectivity index (χ0v) is 7.85. The molecule has 0 radical (unpaired) electrons. The Bertz CT molecular complexity index is 224. The van der Waals surface area contributed by atoms with E-state index in [9.17, 15) is 4.79 Å². The predicted octanol–water partition coefficient (Wildman–Crippen LogP) is 1.78. The Labute approximate surface area is 73.3 Å². The first-order chi connectivity index (χ1) is 5.58. The normalized spacial score (nSPS) is 47.7. The number of ether oxygens (including phenoxy) is 1. The van der Waals surface area contributed by atoms with Crippen LogP contribution in [-0.2, 0) is 9.53 Å². The summed E-state index contributed by atoms with van der Waals surface area (Å²) in [5.41, 5.74) is -0.0480. The van der Waals surface area contributed by atoms with Gasteiger partial charge in [-0.2, -0.15) is 0 Å². The van der Waals surface area contributed by atoms with Gasteiger partial charge in [-0.15, -0.1) is 0 Å². The molecule has 1 heterocycles. The molecule has 2 fully saturated rings. The van der Waals surface area contributed by atoms with E-state index in [1.807, 2.05) is 0 Å². The molecular weight excluding hydrogens is 152 g/mol. The predicted molar refractivity (Wildman–Crippen MR) is 45.9 cm³/mol. The van der Waals surface area contributed by atoms with Gasteiger partial charge in [-0.3, -0.25) is 4.79 Å². The topological polar surface area (TPSA) is 26.3 Å². The number of hydrogen-bond acceptors (Lipinski definition) is 2. The van der Waals surface area contributed by atoms with E-state index in [0.717, 1.165) is 25.9 Å². The highest BCUT2D eigenvalue weighted by Crippen LogP contribution is 2.52. The molecule has 2 nitrogen and oxygen atoms in total. The molecule has 0 aromatic heterocycles. The van der Waals surface area contributed by atoms with Crippen molar-refractivity contribution in [2.24, 2.45) is 10.8 Å². The molecule has 12 heavy (non-hydrogen) atoms. The van der Waals surface area contributed by atoms with Crippen molar-refractivity contribution in [1.29, 1.82) is 0 Å². The average Bonchev–Trinajstić information content (AvgIpc) is 2.30. The molecule has 0 aromatic rings. The third kappa shape index (κ3) is 0.817. The highest BCUT2D eigenvalue weighted by atomic mass is 16.5. The molecule has 2 aliphatic rings. The Kier molecular flexibility index (Phi) is 1.59. The molecule has 1 saturated carbocycles. The summed E-state index contributed by atoms with van der Waals surface area (Å²) in [5, 5.41) is 0. The number of hydrogen-bond donors (Lipinski definition) is 0. The maximum Gasteiger partial charge on any atom is 0.141 e. The van der Waals surface area contributed by atoms with Crippen LogP contribution in [0.15, 0.2) is 0 Å². The number of Topliss-reactive ketones (excluding diaryl/α,β-unsaturated/α-hetero) is 1. The molecule has 0 aromatic carbocycles. The van der Waals surface area contributed by atoms with Crippen LogP contribution in [0.25, 0.3) is 0 Å². The van der Waals surface area contributed by atoms with E-state index >= 15 is 0 Å². The van der Waals surface area contributed by atoms with Crippen molar-refractivity contribution in [3.8, 4) is 0 Å². The van der Waals surface area contributed by atoms with Crippen LogP contribution in [0.5, 0.6) is 0 Å². The van der Waals surface area contributed by atoms with Gasteiger partial charge in [-0.25, -0.2) is 0 Å². The van der Waals surface area contributed by atoms with Gasteiger partial charge in [0.25, 0.3) is 0 Å². The maximum atomic E-state index is 11.7.